The molecule has 0 aliphatic carbocycles. The maximum absolute atomic E-state index is 11.5. The molecule has 3 N–H and O–H groups in total. The molecule has 0 aliphatic heterocycles. The third-order valence-corrected chi connectivity index (χ3v) is 7.87. The van der Waals surface area contributed by atoms with Crippen LogP contribution in [0, 0.1) is 6.92 Å². The van der Waals surface area contributed by atoms with Crippen LogP contribution >= 0.6 is 23.4 Å². The first-order valence-corrected chi connectivity index (χ1v) is 14.0. The summed E-state index contributed by atoms with van der Waals surface area (Å²) in [6.45, 7) is 7.94. The SMILES string of the molecule is Cc1cc(SOOO)ccc1-c1n[nH]c2c(N=Nc3nc4cc(S(=O)(=O)O)ccc4s3)c(C(C)(C)C)nn12. The molecule has 5 rings (SSSR count). The summed E-state index contributed by atoms with van der Waals surface area (Å²) in [6.07, 6.45) is 0. The van der Waals surface area contributed by atoms with Crippen molar-refractivity contribution in [3.05, 3.63) is 47.7 Å². The van der Waals surface area contributed by atoms with Crippen LogP contribution in [0.25, 0.3) is 27.3 Å². The van der Waals surface area contributed by atoms with E-state index in [0.29, 0.717) is 38.2 Å². The summed E-state index contributed by atoms with van der Waals surface area (Å²) in [5.41, 5.74) is 3.42. The van der Waals surface area contributed by atoms with E-state index in [1.54, 1.807) is 16.6 Å². The average Bonchev–Trinajstić information content (AvgIpc) is 3.53. The Balaban J connectivity index is 1.56. The van der Waals surface area contributed by atoms with Crippen molar-refractivity contribution in [3.63, 3.8) is 0 Å². The van der Waals surface area contributed by atoms with E-state index in [1.165, 1.54) is 23.5 Å². The van der Waals surface area contributed by atoms with Crippen molar-refractivity contribution in [3.8, 4) is 11.4 Å². The Labute approximate surface area is 224 Å². The third-order valence-electron chi connectivity index (χ3n) is 5.52. The van der Waals surface area contributed by atoms with E-state index < -0.39 is 10.1 Å². The Hall–Kier alpha value is -3.25. The van der Waals surface area contributed by atoms with Gasteiger partial charge in [-0.1, -0.05) is 37.1 Å². The number of rotatable bonds is 7. The van der Waals surface area contributed by atoms with Gasteiger partial charge in [0.05, 0.1) is 32.8 Å². The number of nitrogens with one attached hydrogen (secondary N) is 1. The zero-order chi connectivity index (χ0) is 27.2. The second-order valence-corrected chi connectivity index (χ2v) is 12.5. The van der Waals surface area contributed by atoms with Crippen LogP contribution in [0.4, 0.5) is 10.8 Å². The molecule has 0 spiro atoms. The Morgan fingerprint density at radius 3 is 2.63 bits per heavy atom. The van der Waals surface area contributed by atoms with E-state index in [0.717, 1.165) is 28.1 Å². The average molecular weight is 576 g/mol. The molecule has 0 unspecified atom stereocenters. The largest absolute Gasteiger partial charge is 0.294 e. The van der Waals surface area contributed by atoms with Gasteiger partial charge in [0, 0.05) is 15.9 Å². The van der Waals surface area contributed by atoms with Gasteiger partial charge >= 0.3 is 0 Å². The predicted molar refractivity (Wildman–Crippen MR) is 140 cm³/mol. The number of nitrogens with zero attached hydrogens (tertiary/aromatic N) is 6. The number of fused-ring (bicyclic) bond motifs is 2. The molecule has 13 nitrogen and oxygen atoms in total. The minimum absolute atomic E-state index is 0.242. The molecule has 0 radical (unpaired) electrons. The van der Waals surface area contributed by atoms with Crippen LogP contribution in [0.1, 0.15) is 32.0 Å². The fraction of sp³-hybridized carbons (Fsp3) is 0.227. The standard InChI is InChI=1S/C22H21N7O6S3/c1-11-9-12(37-35-34-30)5-7-14(11)19-25-26-20-17(18(22(2,3)4)28-29(19)20)24-27-21-23-15-10-13(38(31,32)33)6-8-16(15)36-21/h5-10,26,30H,1-4H3,(H,31,32,33). The van der Waals surface area contributed by atoms with Crippen molar-refractivity contribution >= 4 is 60.2 Å². The minimum Gasteiger partial charge on any atom is -0.282 e. The van der Waals surface area contributed by atoms with Crippen LogP contribution in [0.3, 0.4) is 0 Å². The highest BCUT2D eigenvalue weighted by atomic mass is 32.2. The second kappa shape index (κ2) is 9.81. The maximum atomic E-state index is 11.5. The second-order valence-electron chi connectivity index (χ2n) is 9.26. The van der Waals surface area contributed by atoms with Gasteiger partial charge in [-0.15, -0.1) is 14.6 Å². The van der Waals surface area contributed by atoms with Gasteiger partial charge in [0.15, 0.2) is 17.2 Å². The monoisotopic (exact) mass is 575 g/mol. The lowest BCUT2D eigenvalue weighted by molar-refractivity contribution is -0.432. The molecule has 5 aromatic rings. The first-order valence-electron chi connectivity index (χ1n) is 11.0. The molecule has 38 heavy (non-hydrogen) atoms. The number of H-pyrrole nitrogens is 1. The van der Waals surface area contributed by atoms with E-state index in [-0.39, 0.29) is 10.3 Å². The van der Waals surface area contributed by atoms with Gasteiger partial charge in [0.25, 0.3) is 10.1 Å². The van der Waals surface area contributed by atoms with Crippen LogP contribution in [0.2, 0.25) is 0 Å². The maximum Gasteiger partial charge on any atom is 0.294 e. The molecule has 3 aromatic heterocycles. The summed E-state index contributed by atoms with van der Waals surface area (Å²) < 4.78 is 39.1. The molecular weight excluding hydrogens is 554 g/mol. The van der Waals surface area contributed by atoms with E-state index in [1.807, 2.05) is 39.8 Å². The molecule has 0 saturated carbocycles. The minimum atomic E-state index is -4.34. The van der Waals surface area contributed by atoms with Crippen LogP contribution in [-0.4, -0.2) is 43.0 Å². The van der Waals surface area contributed by atoms with Gasteiger partial charge in [-0.05, 0) is 48.9 Å². The smallest absolute Gasteiger partial charge is 0.282 e. The van der Waals surface area contributed by atoms with Gasteiger partial charge in [-0.3, -0.25) is 9.65 Å². The molecule has 0 atom stereocenters. The van der Waals surface area contributed by atoms with Gasteiger partial charge in [-0.2, -0.15) is 23.1 Å². The van der Waals surface area contributed by atoms with Crippen LogP contribution in [0.5, 0.6) is 0 Å². The van der Waals surface area contributed by atoms with E-state index in [2.05, 4.69) is 34.8 Å². The third kappa shape index (κ3) is 5.06. The summed E-state index contributed by atoms with van der Waals surface area (Å²) in [7, 11) is -4.34. The number of benzene rings is 2. The molecular formula is C22H21N7O6S3. The Kier molecular flexibility index (Phi) is 6.80. The van der Waals surface area contributed by atoms with E-state index in [4.69, 9.17) is 10.4 Å². The molecule has 0 amide bonds. The number of thiazole rings is 1. The number of hydrogen-bond acceptors (Lipinski definition) is 12. The lowest BCUT2D eigenvalue weighted by Crippen LogP contribution is -2.12. The first-order chi connectivity index (χ1) is 18.0. The summed E-state index contributed by atoms with van der Waals surface area (Å²) in [4.78, 5) is 4.82. The molecule has 3 heterocycles. The van der Waals surface area contributed by atoms with Crippen molar-refractivity contribution in [2.45, 2.75) is 42.9 Å². The number of aromatic amines is 1. The molecule has 0 bridgehead atoms. The Morgan fingerprint density at radius 2 is 1.95 bits per heavy atom. The Bertz CT molecular complexity index is 1800. The number of aryl methyl sites for hydroxylation is 1. The van der Waals surface area contributed by atoms with Crippen molar-refractivity contribution in [2.24, 2.45) is 10.2 Å². The summed E-state index contributed by atoms with van der Waals surface area (Å²) in [5, 5.41) is 33.4. The van der Waals surface area contributed by atoms with Gasteiger partial charge < -0.3 is 0 Å². The summed E-state index contributed by atoms with van der Waals surface area (Å²) >= 11 is 2.09. The molecule has 16 heteroatoms. The zero-order valence-corrected chi connectivity index (χ0v) is 22.8. The lowest BCUT2D eigenvalue weighted by atomic mass is 9.91. The van der Waals surface area contributed by atoms with Crippen molar-refractivity contribution in [1.29, 1.82) is 0 Å². The Morgan fingerprint density at radius 1 is 1.16 bits per heavy atom. The summed E-state index contributed by atoms with van der Waals surface area (Å²) in [5.74, 6) is 0.568. The van der Waals surface area contributed by atoms with Crippen molar-refractivity contribution < 1.29 is 27.6 Å². The quantitative estimate of drug-likeness (QED) is 0.0682. The fourth-order valence-electron chi connectivity index (χ4n) is 3.78. The molecule has 0 fully saturated rings. The number of hydrogen-bond donors (Lipinski definition) is 3. The van der Waals surface area contributed by atoms with Crippen LogP contribution in [-0.2, 0) is 24.9 Å². The summed E-state index contributed by atoms with van der Waals surface area (Å²) in [6, 6.07) is 9.66. The van der Waals surface area contributed by atoms with Gasteiger partial charge in [-0.25, -0.2) is 10.2 Å². The molecule has 2 aromatic carbocycles. The highest BCUT2D eigenvalue weighted by molar-refractivity contribution is 7.94. The first kappa shape index (κ1) is 26.4. The topological polar surface area (TPSA) is 177 Å². The van der Waals surface area contributed by atoms with Crippen molar-refractivity contribution in [2.75, 3.05) is 0 Å². The van der Waals surface area contributed by atoms with Gasteiger partial charge in [0.1, 0.15) is 0 Å². The molecule has 198 valence electrons. The normalized spacial score (nSPS) is 12.9. The predicted octanol–water partition coefficient (Wildman–Crippen LogP) is 6.03. The van der Waals surface area contributed by atoms with E-state index >= 15 is 0 Å². The van der Waals surface area contributed by atoms with E-state index in [9.17, 15) is 13.0 Å². The number of aromatic nitrogens is 5. The zero-order valence-electron chi connectivity index (χ0n) is 20.4. The lowest BCUT2D eigenvalue weighted by Gasteiger charge is -2.15. The highest BCUT2D eigenvalue weighted by Gasteiger charge is 2.27. The molecule has 0 aliphatic rings. The van der Waals surface area contributed by atoms with Crippen LogP contribution in [0.15, 0.2) is 56.4 Å². The highest BCUT2D eigenvalue weighted by Crippen LogP contribution is 2.38. The number of azo groups is 1. The van der Waals surface area contributed by atoms with Crippen LogP contribution < -0.4 is 0 Å². The van der Waals surface area contributed by atoms with Crippen molar-refractivity contribution in [1.82, 2.24) is 24.8 Å². The molecule has 0 saturated heterocycles. The van der Waals surface area contributed by atoms with Gasteiger partial charge in [0.2, 0.25) is 5.13 Å². The fourth-order valence-corrected chi connectivity index (χ4v) is 5.50.